The molecule has 3 aromatic rings. The van der Waals surface area contributed by atoms with Gasteiger partial charge in [-0.15, -0.1) is 11.3 Å². The Hall–Kier alpha value is -3.45. The number of nitrogens with one attached hydrogen (secondary N) is 2. The van der Waals surface area contributed by atoms with Gasteiger partial charge in [-0.1, -0.05) is 60.5 Å². The molecule has 0 radical (unpaired) electrons. The molecule has 0 aliphatic carbocycles. The van der Waals surface area contributed by atoms with E-state index in [1.165, 1.54) is 16.2 Å². The molecule has 3 amide bonds. The van der Waals surface area contributed by atoms with Crippen LogP contribution in [0.2, 0.25) is 0 Å². The summed E-state index contributed by atoms with van der Waals surface area (Å²) >= 11 is 1.31. The lowest BCUT2D eigenvalue weighted by Crippen LogP contribution is -2.52. The molecule has 6 nitrogen and oxygen atoms in total. The van der Waals surface area contributed by atoms with Crippen molar-refractivity contribution in [3.63, 3.8) is 0 Å². The normalized spacial score (nSPS) is 12.1. The van der Waals surface area contributed by atoms with Gasteiger partial charge < -0.3 is 10.6 Å². The van der Waals surface area contributed by atoms with E-state index >= 15 is 0 Å². The van der Waals surface area contributed by atoms with Gasteiger partial charge in [-0.3, -0.25) is 19.3 Å². The second-order valence-electron chi connectivity index (χ2n) is 9.75. The molecule has 2 aromatic carbocycles. The van der Waals surface area contributed by atoms with Gasteiger partial charge in [0.25, 0.3) is 5.91 Å². The number of anilines is 1. The van der Waals surface area contributed by atoms with Crippen LogP contribution in [0.4, 0.5) is 5.69 Å². The Balaban J connectivity index is 2.07. The molecule has 0 saturated carbocycles. The summed E-state index contributed by atoms with van der Waals surface area (Å²) in [5.41, 5.74) is 3.85. The maximum atomic E-state index is 13.8. The standard InChI is InChI=1S/C29H35N3O3S/c1-7-29(5,6)31-28(35)26(22-13-10-19(2)11-14-22)32(23-15-12-20(3)17-21(23)4)25(33)18-30-27(34)24-9-8-16-36-24/h8-17,26H,7,18H2,1-6H3,(H,30,34)(H,31,35). The highest BCUT2D eigenvalue weighted by atomic mass is 32.1. The molecule has 0 aliphatic heterocycles. The van der Waals surface area contributed by atoms with Gasteiger partial charge in [-0.2, -0.15) is 0 Å². The Kier molecular flexibility index (Phi) is 8.69. The van der Waals surface area contributed by atoms with Crippen LogP contribution in [0.5, 0.6) is 0 Å². The van der Waals surface area contributed by atoms with Crippen molar-refractivity contribution in [2.24, 2.45) is 0 Å². The molecule has 0 fully saturated rings. The lowest BCUT2D eigenvalue weighted by molar-refractivity contribution is -0.127. The number of nitrogens with zero attached hydrogens (tertiary/aromatic N) is 1. The summed E-state index contributed by atoms with van der Waals surface area (Å²) < 4.78 is 0. The van der Waals surface area contributed by atoms with Crippen LogP contribution in [0.3, 0.4) is 0 Å². The molecular formula is C29H35N3O3S. The largest absolute Gasteiger partial charge is 0.349 e. The van der Waals surface area contributed by atoms with E-state index in [4.69, 9.17) is 0 Å². The molecule has 1 aromatic heterocycles. The van der Waals surface area contributed by atoms with E-state index in [1.807, 2.05) is 89.4 Å². The number of thiophene rings is 1. The number of hydrogen-bond donors (Lipinski definition) is 2. The first kappa shape index (κ1) is 27.1. The van der Waals surface area contributed by atoms with Crippen molar-refractivity contribution in [3.05, 3.63) is 87.1 Å². The number of hydrogen-bond acceptors (Lipinski definition) is 4. The second kappa shape index (κ2) is 11.5. The average Bonchev–Trinajstić information content (AvgIpc) is 3.37. The summed E-state index contributed by atoms with van der Waals surface area (Å²) in [4.78, 5) is 42.3. The Morgan fingerprint density at radius 2 is 1.64 bits per heavy atom. The molecule has 0 bridgehead atoms. The minimum absolute atomic E-state index is 0.239. The quantitative estimate of drug-likeness (QED) is 0.404. The molecule has 1 atom stereocenters. The van der Waals surface area contributed by atoms with Crippen LogP contribution in [0.15, 0.2) is 60.0 Å². The highest BCUT2D eigenvalue weighted by Crippen LogP contribution is 2.32. The monoisotopic (exact) mass is 505 g/mol. The van der Waals surface area contributed by atoms with E-state index in [0.717, 1.165) is 23.1 Å². The smallest absolute Gasteiger partial charge is 0.261 e. The predicted molar refractivity (Wildman–Crippen MR) is 146 cm³/mol. The molecule has 36 heavy (non-hydrogen) atoms. The molecule has 2 N–H and O–H groups in total. The van der Waals surface area contributed by atoms with Crippen LogP contribution < -0.4 is 15.5 Å². The van der Waals surface area contributed by atoms with E-state index in [9.17, 15) is 14.4 Å². The van der Waals surface area contributed by atoms with Crippen molar-refractivity contribution < 1.29 is 14.4 Å². The third-order valence-electron chi connectivity index (χ3n) is 6.27. The summed E-state index contributed by atoms with van der Waals surface area (Å²) in [6.07, 6.45) is 0.730. The van der Waals surface area contributed by atoms with E-state index in [-0.39, 0.29) is 24.3 Å². The van der Waals surface area contributed by atoms with Crippen molar-refractivity contribution in [1.82, 2.24) is 10.6 Å². The van der Waals surface area contributed by atoms with Crippen molar-refractivity contribution in [2.45, 2.75) is 59.5 Å². The van der Waals surface area contributed by atoms with Crippen molar-refractivity contribution >= 4 is 34.7 Å². The van der Waals surface area contributed by atoms with E-state index in [1.54, 1.807) is 12.1 Å². The van der Waals surface area contributed by atoms with Gasteiger partial charge in [0.2, 0.25) is 11.8 Å². The summed E-state index contributed by atoms with van der Waals surface area (Å²) in [5, 5.41) is 7.66. The summed E-state index contributed by atoms with van der Waals surface area (Å²) in [6.45, 7) is 11.6. The van der Waals surface area contributed by atoms with Gasteiger partial charge in [0, 0.05) is 11.2 Å². The molecule has 1 unspecified atom stereocenters. The Morgan fingerprint density at radius 1 is 0.972 bits per heavy atom. The topological polar surface area (TPSA) is 78.5 Å². The predicted octanol–water partition coefficient (Wildman–Crippen LogP) is 5.48. The SMILES string of the molecule is CCC(C)(C)NC(=O)C(c1ccc(C)cc1)N(C(=O)CNC(=O)c1cccs1)c1ccc(C)cc1C. The first-order chi connectivity index (χ1) is 17.0. The molecule has 190 valence electrons. The maximum absolute atomic E-state index is 13.8. The third kappa shape index (κ3) is 6.61. The Labute approximate surface area is 217 Å². The minimum atomic E-state index is -0.913. The van der Waals surface area contributed by atoms with Gasteiger partial charge in [-0.25, -0.2) is 0 Å². The van der Waals surface area contributed by atoms with Crippen molar-refractivity contribution in [2.75, 3.05) is 11.4 Å². The van der Waals surface area contributed by atoms with Crippen molar-refractivity contribution in [3.8, 4) is 0 Å². The fourth-order valence-electron chi connectivity index (χ4n) is 3.89. The molecule has 0 aliphatic rings. The summed E-state index contributed by atoms with van der Waals surface area (Å²) in [7, 11) is 0. The summed E-state index contributed by atoms with van der Waals surface area (Å²) in [5.74, 6) is -0.965. The fraction of sp³-hybridized carbons (Fsp3) is 0.345. The van der Waals surface area contributed by atoms with E-state index in [2.05, 4.69) is 10.6 Å². The fourth-order valence-corrected chi connectivity index (χ4v) is 4.53. The Bertz CT molecular complexity index is 1220. The van der Waals surface area contributed by atoms with Crippen LogP contribution >= 0.6 is 11.3 Å². The average molecular weight is 506 g/mol. The van der Waals surface area contributed by atoms with Gasteiger partial charge in [0.05, 0.1) is 11.4 Å². The van der Waals surface area contributed by atoms with Crippen LogP contribution in [0.25, 0.3) is 0 Å². The molecule has 0 spiro atoms. The molecule has 1 heterocycles. The van der Waals surface area contributed by atoms with Crippen LogP contribution in [-0.2, 0) is 9.59 Å². The summed E-state index contributed by atoms with van der Waals surface area (Å²) in [6, 6.07) is 16.0. The lowest BCUT2D eigenvalue weighted by Gasteiger charge is -2.35. The molecular weight excluding hydrogens is 470 g/mol. The van der Waals surface area contributed by atoms with Gasteiger partial charge in [-0.05, 0) is 69.7 Å². The molecule has 0 saturated heterocycles. The van der Waals surface area contributed by atoms with E-state index in [0.29, 0.717) is 16.1 Å². The second-order valence-corrected chi connectivity index (χ2v) is 10.7. The number of aryl methyl sites for hydroxylation is 3. The van der Waals surface area contributed by atoms with E-state index < -0.39 is 11.6 Å². The zero-order valence-corrected chi connectivity index (χ0v) is 22.7. The molecule has 3 rings (SSSR count). The van der Waals surface area contributed by atoms with Crippen LogP contribution in [-0.4, -0.2) is 29.8 Å². The highest BCUT2D eigenvalue weighted by Gasteiger charge is 2.35. The van der Waals surface area contributed by atoms with Crippen LogP contribution in [0, 0.1) is 20.8 Å². The van der Waals surface area contributed by atoms with Crippen LogP contribution in [0.1, 0.15) is 65.2 Å². The van der Waals surface area contributed by atoms with Crippen molar-refractivity contribution in [1.29, 1.82) is 0 Å². The number of benzene rings is 2. The number of carbonyl (C=O) groups excluding carboxylic acids is 3. The minimum Gasteiger partial charge on any atom is -0.349 e. The number of amides is 3. The maximum Gasteiger partial charge on any atom is 0.261 e. The zero-order chi connectivity index (χ0) is 26.5. The number of rotatable bonds is 9. The first-order valence-electron chi connectivity index (χ1n) is 12.1. The highest BCUT2D eigenvalue weighted by molar-refractivity contribution is 7.12. The van der Waals surface area contributed by atoms with Gasteiger partial charge in [0.15, 0.2) is 0 Å². The molecule has 7 heteroatoms. The Morgan fingerprint density at radius 3 is 2.22 bits per heavy atom. The first-order valence-corrected chi connectivity index (χ1v) is 13.0. The van der Waals surface area contributed by atoms with Gasteiger partial charge in [0.1, 0.15) is 6.04 Å². The van der Waals surface area contributed by atoms with Gasteiger partial charge >= 0.3 is 0 Å². The lowest BCUT2D eigenvalue weighted by atomic mass is 9.97. The number of carbonyl (C=O) groups is 3. The third-order valence-corrected chi connectivity index (χ3v) is 7.14. The zero-order valence-electron chi connectivity index (χ0n) is 21.8.